The van der Waals surface area contributed by atoms with Crippen molar-refractivity contribution in [3.63, 3.8) is 0 Å². The van der Waals surface area contributed by atoms with Gasteiger partial charge >= 0.3 is 0 Å². The van der Waals surface area contributed by atoms with E-state index in [1.54, 1.807) is 0 Å². The van der Waals surface area contributed by atoms with Crippen LogP contribution in [0.15, 0.2) is 24.3 Å². The van der Waals surface area contributed by atoms with Crippen molar-refractivity contribution < 1.29 is 0 Å². The summed E-state index contributed by atoms with van der Waals surface area (Å²) in [5, 5.41) is 0. The lowest BCUT2D eigenvalue weighted by Gasteiger charge is -2.28. The lowest BCUT2D eigenvalue weighted by Crippen LogP contribution is -2.35. The van der Waals surface area contributed by atoms with Gasteiger partial charge in [-0.15, -0.1) is 0 Å². The van der Waals surface area contributed by atoms with Crippen LogP contribution in [0.3, 0.4) is 0 Å². The zero-order valence-electron chi connectivity index (χ0n) is 12.2. The molecule has 2 heteroatoms. The Morgan fingerprint density at radius 2 is 1.89 bits per heavy atom. The van der Waals surface area contributed by atoms with Crippen LogP contribution in [0.25, 0.3) is 0 Å². The van der Waals surface area contributed by atoms with E-state index < -0.39 is 0 Å². The van der Waals surface area contributed by atoms with Crippen molar-refractivity contribution in [3.05, 3.63) is 29.8 Å². The topological polar surface area (TPSA) is 29.3 Å². The molecule has 1 aromatic rings. The van der Waals surface area contributed by atoms with E-state index in [9.17, 15) is 0 Å². The predicted octanol–water partition coefficient (Wildman–Crippen LogP) is 3.71. The van der Waals surface area contributed by atoms with E-state index in [1.807, 2.05) is 12.1 Å². The Morgan fingerprint density at radius 3 is 2.50 bits per heavy atom. The maximum Gasteiger partial charge on any atom is 0.0347 e. The van der Waals surface area contributed by atoms with E-state index in [2.05, 4.69) is 37.8 Å². The van der Waals surface area contributed by atoms with Gasteiger partial charge in [0.05, 0.1) is 0 Å². The minimum Gasteiger partial charge on any atom is -0.399 e. The molecule has 102 valence electrons. The van der Waals surface area contributed by atoms with Crippen LogP contribution in [-0.2, 0) is 6.42 Å². The molecule has 2 nitrogen and oxygen atoms in total. The average Bonchev–Trinajstić information content (AvgIpc) is 2.40. The van der Waals surface area contributed by atoms with Crippen molar-refractivity contribution in [2.45, 2.75) is 52.5 Å². The summed E-state index contributed by atoms with van der Waals surface area (Å²) in [6, 6.07) is 8.88. The molecule has 0 aliphatic rings. The van der Waals surface area contributed by atoms with Gasteiger partial charge in [0.25, 0.3) is 0 Å². The summed E-state index contributed by atoms with van der Waals surface area (Å²) in [6.45, 7) is 9.16. The molecule has 0 aliphatic heterocycles. The van der Waals surface area contributed by atoms with E-state index >= 15 is 0 Å². The number of nitrogen functional groups attached to an aromatic ring is 1. The monoisotopic (exact) mass is 248 g/mol. The third kappa shape index (κ3) is 4.69. The van der Waals surface area contributed by atoms with Gasteiger partial charge in [-0.1, -0.05) is 38.5 Å². The van der Waals surface area contributed by atoms with Gasteiger partial charge in [-0.05, 0) is 44.4 Å². The second-order valence-electron chi connectivity index (χ2n) is 5.10. The van der Waals surface area contributed by atoms with Crippen molar-refractivity contribution >= 4 is 5.69 Å². The maximum atomic E-state index is 6.00. The van der Waals surface area contributed by atoms with Crippen LogP contribution in [-0.4, -0.2) is 24.0 Å². The second-order valence-corrected chi connectivity index (χ2v) is 5.10. The molecule has 1 aromatic carbocycles. The van der Waals surface area contributed by atoms with E-state index in [4.69, 9.17) is 5.73 Å². The van der Waals surface area contributed by atoms with Crippen LogP contribution in [0, 0.1) is 0 Å². The Bertz CT molecular complexity index is 336. The third-order valence-electron chi connectivity index (χ3n) is 3.74. The molecule has 0 heterocycles. The molecule has 0 aromatic heterocycles. The SMILES string of the molecule is CCCCN(CCc1ccccc1N)C(C)CC. The molecule has 1 atom stereocenters. The molecule has 0 aliphatic carbocycles. The minimum atomic E-state index is 0.668. The fourth-order valence-corrected chi connectivity index (χ4v) is 2.20. The zero-order chi connectivity index (χ0) is 13.4. The molecular weight excluding hydrogens is 220 g/mol. The van der Waals surface area contributed by atoms with Gasteiger partial charge in [0, 0.05) is 18.3 Å². The zero-order valence-corrected chi connectivity index (χ0v) is 12.2. The number of hydrogen-bond donors (Lipinski definition) is 1. The van der Waals surface area contributed by atoms with Crippen LogP contribution < -0.4 is 5.73 Å². The Balaban J connectivity index is 2.53. The van der Waals surface area contributed by atoms with Crippen LogP contribution >= 0.6 is 0 Å². The van der Waals surface area contributed by atoms with Crippen LogP contribution in [0.1, 0.15) is 45.6 Å². The number of nitrogens with zero attached hydrogens (tertiary/aromatic N) is 1. The predicted molar refractivity (Wildman–Crippen MR) is 80.8 cm³/mol. The summed E-state index contributed by atoms with van der Waals surface area (Å²) >= 11 is 0. The van der Waals surface area contributed by atoms with E-state index in [-0.39, 0.29) is 0 Å². The maximum absolute atomic E-state index is 6.00. The van der Waals surface area contributed by atoms with Gasteiger partial charge in [-0.25, -0.2) is 0 Å². The summed E-state index contributed by atoms with van der Waals surface area (Å²) in [5.74, 6) is 0. The Kier molecular flexibility index (Phi) is 6.81. The normalized spacial score (nSPS) is 12.9. The highest BCUT2D eigenvalue weighted by Gasteiger charge is 2.11. The molecule has 1 unspecified atom stereocenters. The molecule has 2 N–H and O–H groups in total. The highest BCUT2D eigenvalue weighted by molar-refractivity contribution is 5.46. The molecule has 0 saturated carbocycles. The second kappa shape index (κ2) is 8.15. The van der Waals surface area contributed by atoms with Crippen molar-refractivity contribution in [1.82, 2.24) is 4.90 Å². The number of benzene rings is 1. The fourth-order valence-electron chi connectivity index (χ4n) is 2.20. The highest BCUT2D eigenvalue weighted by Crippen LogP contribution is 2.13. The lowest BCUT2D eigenvalue weighted by molar-refractivity contribution is 0.203. The molecule has 18 heavy (non-hydrogen) atoms. The van der Waals surface area contributed by atoms with Gasteiger partial charge in [-0.3, -0.25) is 0 Å². The number of hydrogen-bond acceptors (Lipinski definition) is 2. The van der Waals surface area contributed by atoms with Crippen molar-refractivity contribution in [2.75, 3.05) is 18.8 Å². The smallest absolute Gasteiger partial charge is 0.0347 e. The number of unbranched alkanes of at least 4 members (excludes halogenated alkanes) is 1. The molecule has 0 bridgehead atoms. The van der Waals surface area contributed by atoms with Crippen LogP contribution in [0.5, 0.6) is 0 Å². The standard InChI is InChI=1S/C16H28N2/c1-4-6-12-18(14(3)5-2)13-11-15-9-7-8-10-16(15)17/h7-10,14H,4-6,11-13,17H2,1-3H3. The Morgan fingerprint density at radius 1 is 1.17 bits per heavy atom. The van der Waals surface area contributed by atoms with Crippen molar-refractivity contribution in [3.8, 4) is 0 Å². The third-order valence-corrected chi connectivity index (χ3v) is 3.74. The quantitative estimate of drug-likeness (QED) is 0.711. The van der Waals surface area contributed by atoms with E-state index in [0.29, 0.717) is 6.04 Å². The molecule has 0 fully saturated rings. The first-order chi connectivity index (χ1) is 8.69. The lowest BCUT2D eigenvalue weighted by atomic mass is 10.1. The summed E-state index contributed by atoms with van der Waals surface area (Å²) in [7, 11) is 0. The first-order valence-electron chi connectivity index (χ1n) is 7.26. The van der Waals surface area contributed by atoms with Gasteiger partial charge in [0.1, 0.15) is 0 Å². The Labute approximate surface area is 112 Å². The molecule has 0 radical (unpaired) electrons. The summed E-state index contributed by atoms with van der Waals surface area (Å²) in [6.07, 6.45) is 4.82. The average molecular weight is 248 g/mol. The van der Waals surface area contributed by atoms with Gasteiger partial charge in [0.2, 0.25) is 0 Å². The number of nitrogens with two attached hydrogens (primary N) is 1. The van der Waals surface area contributed by atoms with Gasteiger partial charge in [-0.2, -0.15) is 0 Å². The van der Waals surface area contributed by atoms with Gasteiger partial charge < -0.3 is 10.6 Å². The first kappa shape index (κ1) is 15.0. The highest BCUT2D eigenvalue weighted by atomic mass is 15.1. The summed E-state index contributed by atoms with van der Waals surface area (Å²) in [4.78, 5) is 2.59. The molecule has 0 spiro atoms. The van der Waals surface area contributed by atoms with Crippen molar-refractivity contribution in [1.29, 1.82) is 0 Å². The fraction of sp³-hybridized carbons (Fsp3) is 0.625. The largest absolute Gasteiger partial charge is 0.399 e. The summed E-state index contributed by atoms with van der Waals surface area (Å²) in [5.41, 5.74) is 8.20. The van der Waals surface area contributed by atoms with Crippen LogP contribution in [0.2, 0.25) is 0 Å². The van der Waals surface area contributed by atoms with Gasteiger partial charge in [0.15, 0.2) is 0 Å². The Hall–Kier alpha value is -1.02. The molecule has 0 amide bonds. The molecule has 1 rings (SSSR count). The number of rotatable bonds is 8. The minimum absolute atomic E-state index is 0.668. The first-order valence-corrected chi connectivity index (χ1v) is 7.26. The van der Waals surface area contributed by atoms with E-state index in [1.165, 1.54) is 31.4 Å². The molecular formula is C16H28N2. The van der Waals surface area contributed by atoms with Crippen LogP contribution in [0.4, 0.5) is 5.69 Å². The number of para-hydroxylation sites is 1. The molecule has 0 saturated heterocycles. The number of anilines is 1. The van der Waals surface area contributed by atoms with Crippen molar-refractivity contribution in [2.24, 2.45) is 0 Å². The van der Waals surface area contributed by atoms with E-state index in [0.717, 1.165) is 18.7 Å². The summed E-state index contributed by atoms with van der Waals surface area (Å²) < 4.78 is 0.